The van der Waals surface area contributed by atoms with Gasteiger partial charge in [0, 0.05) is 16.3 Å². The maximum Gasteiger partial charge on any atom is 0.203 e. The first-order valence-corrected chi connectivity index (χ1v) is 12.3. The molecule has 0 saturated carbocycles. The van der Waals surface area contributed by atoms with Crippen molar-refractivity contribution in [2.45, 2.75) is 4.90 Å². The average molecular weight is 548 g/mol. The molecule has 0 bridgehead atoms. The Morgan fingerprint density at radius 1 is 0.769 bits per heavy atom. The first-order chi connectivity index (χ1) is 19.0. The second kappa shape index (κ2) is 9.91. The maximum absolute atomic E-state index is 14.8. The van der Waals surface area contributed by atoms with Crippen LogP contribution in [-0.2, 0) is 0 Å². The number of pyridine rings is 1. The number of hydrogen-bond donors (Lipinski definition) is 0. The van der Waals surface area contributed by atoms with Crippen LogP contribution in [-0.4, -0.2) is 24.8 Å². The quantitative estimate of drug-likeness (QED) is 0.150. The fourth-order valence-corrected chi connectivity index (χ4v) is 4.97. The van der Waals surface area contributed by atoms with Crippen molar-refractivity contribution in [2.24, 2.45) is 0 Å². The number of benzene rings is 2. The summed E-state index contributed by atoms with van der Waals surface area (Å²) >= 11 is 1.59. The van der Waals surface area contributed by atoms with Gasteiger partial charge in [-0.15, -0.1) is 10.2 Å². The van der Waals surface area contributed by atoms with Crippen molar-refractivity contribution in [2.75, 3.05) is 0 Å². The summed E-state index contributed by atoms with van der Waals surface area (Å²) in [5, 5.41) is 14.3. The highest BCUT2D eigenvalue weighted by Crippen LogP contribution is 2.35. The van der Waals surface area contributed by atoms with E-state index in [1.807, 2.05) is 41.8 Å². The van der Waals surface area contributed by atoms with Gasteiger partial charge in [0.15, 0.2) is 28.9 Å². The van der Waals surface area contributed by atoms with Crippen molar-refractivity contribution in [3.63, 3.8) is 0 Å². The molecule has 4 heterocycles. The van der Waals surface area contributed by atoms with Gasteiger partial charge in [-0.3, -0.25) is 4.98 Å². The zero-order valence-electron chi connectivity index (χ0n) is 19.6. The van der Waals surface area contributed by atoms with Crippen molar-refractivity contribution in [1.29, 1.82) is 0 Å². The highest BCUT2D eigenvalue weighted by Gasteiger charge is 2.30. The lowest BCUT2D eigenvalue weighted by Gasteiger charge is -2.12. The fourth-order valence-electron chi connectivity index (χ4n) is 4.14. The Bertz CT molecular complexity index is 1870. The smallest absolute Gasteiger partial charge is 0.203 e. The first-order valence-electron chi connectivity index (χ1n) is 11.4. The third-order valence-corrected chi connectivity index (χ3v) is 6.85. The normalized spacial score (nSPS) is 14.7. The standard InChI is InChI=1S/C28H14F5N5S/c29-21-20(22(30)24(32)25(33)23(21)31)26-17(27-35-36-28(38(27)37-26)18-10-5-6-13-34-18)9-2-1-7-15-12-14-39-19-11-4-3-8-16(15)19/h1-14H/b2-1+,15-7+,17-9-. The van der Waals surface area contributed by atoms with Gasteiger partial charge in [-0.2, -0.15) is 9.61 Å². The van der Waals surface area contributed by atoms with E-state index in [1.165, 1.54) is 12.3 Å². The maximum atomic E-state index is 14.8. The van der Waals surface area contributed by atoms with Crippen molar-refractivity contribution >= 4 is 29.1 Å². The number of halogens is 5. The number of nitrogens with zero attached hydrogens (tertiary/aromatic N) is 5. The van der Waals surface area contributed by atoms with Gasteiger partial charge in [0.1, 0.15) is 11.4 Å². The van der Waals surface area contributed by atoms with Gasteiger partial charge in [0.25, 0.3) is 0 Å². The third kappa shape index (κ3) is 4.20. The molecule has 0 amide bonds. The van der Waals surface area contributed by atoms with Gasteiger partial charge in [0.2, 0.25) is 11.6 Å². The third-order valence-electron chi connectivity index (χ3n) is 5.97. The van der Waals surface area contributed by atoms with Crippen LogP contribution in [0.15, 0.2) is 83.3 Å². The summed E-state index contributed by atoms with van der Waals surface area (Å²) < 4.78 is 72.8. The second-order valence-electron chi connectivity index (χ2n) is 8.27. The lowest BCUT2D eigenvalue weighted by molar-refractivity contribution is 0.381. The van der Waals surface area contributed by atoms with E-state index >= 15 is 0 Å². The van der Waals surface area contributed by atoms with Crippen LogP contribution in [0.3, 0.4) is 0 Å². The van der Waals surface area contributed by atoms with Crippen molar-refractivity contribution in [1.82, 2.24) is 24.8 Å². The Kier molecular flexibility index (Phi) is 6.27. The van der Waals surface area contributed by atoms with Crippen LogP contribution < -0.4 is 5.22 Å². The summed E-state index contributed by atoms with van der Waals surface area (Å²) in [5.41, 5.74) is 0.709. The molecule has 39 heavy (non-hydrogen) atoms. The predicted molar refractivity (Wildman–Crippen MR) is 137 cm³/mol. The van der Waals surface area contributed by atoms with E-state index in [4.69, 9.17) is 0 Å². The number of rotatable bonds is 4. The molecule has 2 aromatic carbocycles. The summed E-state index contributed by atoms with van der Waals surface area (Å²) in [7, 11) is 0. The highest BCUT2D eigenvalue weighted by molar-refractivity contribution is 8.02. The molecule has 0 N–H and O–H groups in total. The number of fused-ring (bicyclic) bond motifs is 2. The van der Waals surface area contributed by atoms with Gasteiger partial charge in [-0.05, 0) is 46.9 Å². The largest absolute Gasteiger partial charge is 0.253 e. The van der Waals surface area contributed by atoms with Gasteiger partial charge in [-0.1, -0.05) is 54.3 Å². The van der Waals surface area contributed by atoms with Crippen LogP contribution in [0.25, 0.3) is 40.1 Å². The molecule has 0 aliphatic carbocycles. The molecule has 6 rings (SSSR count). The van der Waals surface area contributed by atoms with Crippen LogP contribution in [0.5, 0.6) is 0 Å². The molecular formula is C28H14F5N5S. The molecule has 0 fully saturated rings. The summed E-state index contributed by atoms with van der Waals surface area (Å²) in [6.07, 6.45) is 9.96. The van der Waals surface area contributed by atoms with Gasteiger partial charge >= 0.3 is 0 Å². The van der Waals surface area contributed by atoms with E-state index in [2.05, 4.69) is 20.3 Å². The summed E-state index contributed by atoms with van der Waals surface area (Å²) in [5.74, 6) is -10.3. The zero-order chi connectivity index (χ0) is 27.1. The first kappa shape index (κ1) is 24.7. The van der Waals surface area contributed by atoms with Crippen LogP contribution in [0.4, 0.5) is 22.0 Å². The Morgan fingerprint density at radius 2 is 1.49 bits per heavy atom. The average Bonchev–Trinajstić information content (AvgIpc) is 3.53. The van der Waals surface area contributed by atoms with E-state index in [0.717, 1.165) is 20.5 Å². The Balaban J connectivity index is 1.54. The molecule has 0 spiro atoms. The van der Waals surface area contributed by atoms with Gasteiger partial charge in [-0.25, -0.2) is 22.0 Å². The van der Waals surface area contributed by atoms with Crippen LogP contribution in [0.1, 0.15) is 5.56 Å². The van der Waals surface area contributed by atoms with E-state index in [9.17, 15) is 22.0 Å². The predicted octanol–water partition coefficient (Wildman–Crippen LogP) is 6.31. The van der Waals surface area contributed by atoms with E-state index < -0.39 is 40.3 Å². The van der Waals surface area contributed by atoms with E-state index in [0.29, 0.717) is 5.69 Å². The number of aromatic nitrogens is 5. The van der Waals surface area contributed by atoms with E-state index in [-0.39, 0.29) is 16.7 Å². The van der Waals surface area contributed by atoms with E-state index in [1.54, 1.807) is 42.1 Å². The molecule has 0 radical (unpaired) electrons. The van der Waals surface area contributed by atoms with Crippen LogP contribution >= 0.6 is 11.8 Å². The van der Waals surface area contributed by atoms with Gasteiger partial charge < -0.3 is 0 Å². The fraction of sp³-hybridized carbons (Fsp3) is 0. The summed E-state index contributed by atoms with van der Waals surface area (Å²) in [4.78, 5) is 5.27. The van der Waals surface area contributed by atoms with Crippen LogP contribution in [0, 0.1) is 29.1 Å². The summed E-state index contributed by atoms with van der Waals surface area (Å²) in [6, 6.07) is 12.8. The SMILES string of the molecule is Fc1c(F)c(F)c(-c2nn3c(-c4ccccn4)nnc3\c2=C/C=C/C=C2\C=CSc3ccccc32)c(F)c1F. The van der Waals surface area contributed by atoms with Gasteiger partial charge in [0.05, 0.1) is 5.56 Å². The molecule has 5 nitrogen and oxygen atoms in total. The summed E-state index contributed by atoms with van der Waals surface area (Å²) in [6.45, 7) is 0. The molecule has 5 aromatic rings. The zero-order valence-corrected chi connectivity index (χ0v) is 20.4. The van der Waals surface area contributed by atoms with Crippen molar-refractivity contribution in [3.8, 4) is 22.8 Å². The van der Waals surface area contributed by atoms with Crippen molar-refractivity contribution < 1.29 is 22.0 Å². The number of hydrogen-bond acceptors (Lipinski definition) is 5. The molecular weight excluding hydrogens is 533 g/mol. The van der Waals surface area contributed by atoms with Crippen LogP contribution in [0.2, 0.25) is 0 Å². The minimum atomic E-state index is -2.25. The minimum absolute atomic E-state index is 0.0117. The Labute approximate surface area is 221 Å². The molecule has 0 atom stereocenters. The molecule has 1 aliphatic rings. The molecule has 0 saturated heterocycles. The molecule has 11 heteroatoms. The van der Waals surface area contributed by atoms with Crippen molar-refractivity contribution in [3.05, 3.63) is 118 Å². The molecule has 1 aliphatic heterocycles. The second-order valence-corrected chi connectivity index (χ2v) is 9.22. The number of thioether (sulfide) groups is 1. The molecule has 192 valence electrons. The lowest BCUT2D eigenvalue weighted by atomic mass is 10.0. The Hall–Kier alpha value is -4.64. The molecule has 0 unspecified atom stereocenters. The lowest BCUT2D eigenvalue weighted by Crippen LogP contribution is -2.10. The topological polar surface area (TPSA) is 56.0 Å². The minimum Gasteiger partial charge on any atom is -0.253 e. The highest BCUT2D eigenvalue weighted by atomic mass is 32.2. The number of allylic oxidation sites excluding steroid dienone is 5. The Morgan fingerprint density at radius 3 is 2.26 bits per heavy atom. The monoisotopic (exact) mass is 547 g/mol. The molecule has 3 aromatic heterocycles.